The van der Waals surface area contributed by atoms with Gasteiger partial charge >= 0.3 is 0 Å². The summed E-state index contributed by atoms with van der Waals surface area (Å²) in [6.07, 6.45) is 2.56. The van der Waals surface area contributed by atoms with Crippen LogP contribution in [-0.2, 0) is 6.54 Å². The second-order valence-corrected chi connectivity index (χ2v) is 9.32. The van der Waals surface area contributed by atoms with Crippen LogP contribution in [0.4, 0.5) is 20.2 Å². The number of anilines is 2. The Labute approximate surface area is 221 Å². The SMILES string of the molecule is CC.CN1CCC(C)(O)CC1.O=Cc1ccc(Nc2cc(-c3c(F)cccc3F)nc3c2C(=O)NC3)cc1. The minimum absolute atomic E-state index is 0.0906. The zero-order valence-electron chi connectivity index (χ0n) is 22.1. The number of nitrogens with zero attached hydrogens (tertiary/aromatic N) is 2. The van der Waals surface area contributed by atoms with Gasteiger partial charge in [0.1, 0.15) is 17.9 Å². The smallest absolute Gasteiger partial charge is 0.255 e. The highest BCUT2D eigenvalue weighted by atomic mass is 19.1. The predicted molar refractivity (Wildman–Crippen MR) is 145 cm³/mol. The fourth-order valence-electron chi connectivity index (χ4n) is 4.10. The molecule has 3 aromatic rings. The van der Waals surface area contributed by atoms with Gasteiger partial charge in [-0.05, 0) is 69.3 Å². The summed E-state index contributed by atoms with van der Waals surface area (Å²) in [5, 5.41) is 15.2. The molecule has 0 saturated carbocycles. The number of aromatic nitrogens is 1. The Morgan fingerprint density at radius 1 is 1.05 bits per heavy atom. The molecule has 3 heterocycles. The summed E-state index contributed by atoms with van der Waals surface area (Å²) in [5.74, 6) is -1.79. The van der Waals surface area contributed by atoms with Crippen LogP contribution in [0.15, 0.2) is 48.5 Å². The predicted octanol–water partition coefficient (Wildman–Crippen LogP) is 5.32. The van der Waals surface area contributed by atoms with Crippen molar-refractivity contribution in [1.29, 1.82) is 0 Å². The average molecular weight is 525 g/mol. The minimum atomic E-state index is -0.735. The highest BCUT2D eigenvalue weighted by molar-refractivity contribution is 6.04. The standard InChI is InChI=1S/C20H13F2N3O2.C7H15NO.C2H6/c21-13-2-1-3-14(22)18(13)15-8-16(19-17(25-15)9-23-20(19)27)24-12-6-4-11(10-26)5-7-12;1-7(9)3-5-8(2)6-4-7;1-2/h1-8,10H,9H2,(H,23,27)(H,24,25);9H,3-6H2,1-2H3;1-2H3. The van der Waals surface area contributed by atoms with E-state index in [9.17, 15) is 23.5 Å². The number of fused-ring (bicyclic) bond motifs is 1. The van der Waals surface area contributed by atoms with E-state index in [1.165, 1.54) is 12.1 Å². The Morgan fingerprint density at radius 2 is 1.66 bits per heavy atom. The van der Waals surface area contributed by atoms with Crippen molar-refractivity contribution >= 4 is 23.6 Å². The molecule has 1 amide bonds. The van der Waals surface area contributed by atoms with Crippen molar-refractivity contribution in [1.82, 2.24) is 15.2 Å². The molecule has 0 atom stereocenters. The van der Waals surface area contributed by atoms with Gasteiger partial charge in [-0.1, -0.05) is 19.9 Å². The maximum atomic E-state index is 14.2. The Kier molecular flexibility index (Phi) is 9.66. The van der Waals surface area contributed by atoms with Crippen LogP contribution in [-0.4, -0.2) is 52.9 Å². The van der Waals surface area contributed by atoms with Gasteiger partial charge < -0.3 is 20.6 Å². The van der Waals surface area contributed by atoms with Gasteiger partial charge in [0, 0.05) is 24.3 Å². The summed E-state index contributed by atoms with van der Waals surface area (Å²) in [6, 6.07) is 11.6. The molecular weight excluding hydrogens is 490 g/mol. The lowest BCUT2D eigenvalue weighted by Gasteiger charge is -2.33. The Bertz CT molecular complexity index is 1250. The first-order valence-corrected chi connectivity index (χ1v) is 12.7. The van der Waals surface area contributed by atoms with Gasteiger partial charge in [0.25, 0.3) is 5.91 Å². The maximum absolute atomic E-state index is 14.2. The zero-order chi connectivity index (χ0) is 27.9. The Hall–Kier alpha value is -3.69. The molecule has 202 valence electrons. The van der Waals surface area contributed by atoms with E-state index in [4.69, 9.17) is 0 Å². The topological polar surface area (TPSA) is 94.6 Å². The maximum Gasteiger partial charge on any atom is 0.255 e. The molecule has 0 radical (unpaired) electrons. The molecular formula is C29H34F2N4O3. The fourth-order valence-corrected chi connectivity index (χ4v) is 4.10. The number of rotatable bonds is 4. The third-order valence-electron chi connectivity index (χ3n) is 6.35. The number of piperidine rings is 1. The second kappa shape index (κ2) is 12.7. The number of carbonyl (C=O) groups is 2. The van der Waals surface area contributed by atoms with E-state index < -0.39 is 11.6 Å². The molecule has 1 aromatic heterocycles. The van der Waals surface area contributed by atoms with Gasteiger partial charge in [-0.3, -0.25) is 9.59 Å². The van der Waals surface area contributed by atoms with Crippen LogP contribution in [0.1, 0.15) is 60.0 Å². The molecule has 38 heavy (non-hydrogen) atoms. The summed E-state index contributed by atoms with van der Waals surface area (Å²) in [7, 11) is 2.09. The summed E-state index contributed by atoms with van der Waals surface area (Å²) in [6.45, 7) is 8.16. The largest absolute Gasteiger partial charge is 0.390 e. The average Bonchev–Trinajstić information content (AvgIpc) is 3.28. The van der Waals surface area contributed by atoms with E-state index in [0.717, 1.165) is 44.4 Å². The Balaban J connectivity index is 0.000000307. The van der Waals surface area contributed by atoms with Crippen molar-refractivity contribution in [3.05, 3.63) is 77.0 Å². The van der Waals surface area contributed by atoms with Gasteiger partial charge in [0.2, 0.25) is 0 Å². The lowest BCUT2D eigenvalue weighted by molar-refractivity contribution is 0.000991. The molecule has 1 saturated heterocycles. The molecule has 7 nitrogen and oxygen atoms in total. The normalized spacial score (nSPS) is 15.7. The first-order valence-electron chi connectivity index (χ1n) is 12.7. The third-order valence-corrected chi connectivity index (χ3v) is 6.35. The number of nitrogens with one attached hydrogen (secondary N) is 2. The van der Waals surface area contributed by atoms with Crippen LogP contribution >= 0.6 is 0 Å². The molecule has 0 unspecified atom stereocenters. The molecule has 0 aliphatic carbocycles. The number of hydrogen-bond acceptors (Lipinski definition) is 6. The first kappa shape index (κ1) is 28.9. The van der Waals surface area contributed by atoms with Crippen molar-refractivity contribution in [2.75, 3.05) is 25.5 Å². The molecule has 1 fully saturated rings. The van der Waals surface area contributed by atoms with Crippen LogP contribution < -0.4 is 10.6 Å². The quantitative estimate of drug-likeness (QED) is 0.400. The molecule has 0 spiro atoms. The van der Waals surface area contributed by atoms with Crippen LogP contribution in [0.2, 0.25) is 0 Å². The van der Waals surface area contributed by atoms with Crippen LogP contribution in [0.5, 0.6) is 0 Å². The van der Waals surface area contributed by atoms with Gasteiger partial charge in [0.15, 0.2) is 0 Å². The van der Waals surface area contributed by atoms with E-state index in [1.54, 1.807) is 24.3 Å². The Morgan fingerprint density at radius 3 is 2.21 bits per heavy atom. The summed E-state index contributed by atoms with van der Waals surface area (Å²) >= 11 is 0. The number of hydrogen-bond donors (Lipinski definition) is 3. The van der Waals surface area contributed by atoms with Crippen molar-refractivity contribution in [2.45, 2.75) is 45.8 Å². The molecule has 2 aliphatic rings. The van der Waals surface area contributed by atoms with Crippen molar-refractivity contribution in [3.8, 4) is 11.3 Å². The van der Waals surface area contributed by atoms with E-state index in [1.807, 2.05) is 20.8 Å². The van der Waals surface area contributed by atoms with Gasteiger partial charge in [0.05, 0.1) is 40.3 Å². The van der Waals surface area contributed by atoms with Gasteiger partial charge in [-0.2, -0.15) is 0 Å². The third kappa shape index (κ3) is 6.99. The van der Waals surface area contributed by atoms with Crippen LogP contribution in [0.3, 0.4) is 0 Å². The molecule has 9 heteroatoms. The highest BCUT2D eigenvalue weighted by Crippen LogP contribution is 2.33. The van der Waals surface area contributed by atoms with Crippen LogP contribution in [0.25, 0.3) is 11.3 Å². The highest BCUT2D eigenvalue weighted by Gasteiger charge is 2.27. The number of benzene rings is 2. The molecule has 0 bridgehead atoms. The van der Waals surface area contributed by atoms with E-state index in [-0.39, 0.29) is 29.3 Å². The number of pyridine rings is 1. The van der Waals surface area contributed by atoms with Crippen molar-refractivity contribution in [2.24, 2.45) is 0 Å². The molecule has 5 rings (SSSR count). The summed E-state index contributed by atoms with van der Waals surface area (Å²) < 4.78 is 28.4. The number of likely N-dealkylation sites (tertiary alicyclic amines) is 1. The number of aliphatic hydroxyl groups is 1. The monoisotopic (exact) mass is 524 g/mol. The minimum Gasteiger partial charge on any atom is -0.390 e. The number of aldehydes is 1. The summed E-state index contributed by atoms with van der Waals surface area (Å²) in [5.41, 5.74) is 1.70. The van der Waals surface area contributed by atoms with Gasteiger partial charge in [-0.25, -0.2) is 13.8 Å². The molecule has 2 aromatic carbocycles. The number of amides is 1. The zero-order valence-corrected chi connectivity index (χ0v) is 22.1. The van der Waals surface area contributed by atoms with Crippen molar-refractivity contribution in [3.63, 3.8) is 0 Å². The second-order valence-electron chi connectivity index (χ2n) is 9.32. The van der Waals surface area contributed by atoms with E-state index in [0.29, 0.717) is 28.2 Å². The molecule has 3 N–H and O–H groups in total. The van der Waals surface area contributed by atoms with Crippen molar-refractivity contribution < 1.29 is 23.5 Å². The van der Waals surface area contributed by atoms with E-state index in [2.05, 4.69) is 27.6 Å². The number of carbonyl (C=O) groups excluding carboxylic acids is 2. The number of halogens is 2. The fraction of sp³-hybridized carbons (Fsp3) is 0.345. The lowest BCUT2D eigenvalue weighted by atomic mass is 9.94. The van der Waals surface area contributed by atoms with Gasteiger partial charge in [-0.15, -0.1) is 0 Å². The lowest BCUT2D eigenvalue weighted by Crippen LogP contribution is -2.40. The van der Waals surface area contributed by atoms with Crippen LogP contribution in [0, 0.1) is 11.6 Å². The summed E-state index contributed by atoms with van der Waals surface area (Å²) in [4.78, 5) is 29.5. The first-order chi connectivity index (χ1) is 18.2. The molecule has 2 aliphatic heterocycles. The van der Waals surface area contributed by atoms with E-state index >= 15 is 0 Å².